The number of hydrazone groups is 1. The summed E-state index contributed by atoms with van der Waals surface area (Å²) in [6.07, 6.45) is -4.32. The minimum absolute atomic E-state index is 0.0192. The van der Waals surface area contributed by atoms with Crippen LogP contribution < -0.4 is 5.01 Å². The second-order valence-electron chi connectivity index (χ2n) is 9.68. The number of aromatic nitrogens is 1. The minimum Gasteiger partial charge on any atom is -0.340 e. The molecule has 1 amide bonds. The molecule has 42 heavy (non-hydrogen) atoms. The van der Waals surface area contributed by atoms with Gasteiger partial charge in [0, 0.05) is 38.8 Å². The molecule has 4 aromatic rings. The maximum absolute atomic E-state index is 14.7. The van der Waals surface area contributed by atoms with Crippen LogP contribution in [-0.2, 0) is 17.5 Å². The molecule has 1 aliphatic rings. The van der Waals surface area contributed by atoms with Crippen molar-refractivity contribution >= 4 is 57.5 Å². The first-order valence-electron chi connectivity index (χ1n) is 12.2. The molecule has 218 valence electrons. The van der Waals surface area contributed by atoms with Crippen molar-refractivity contribution in [2.75, 3.05) is 5.01 Å². The van der Waals surface area contributed by atoms with Gasteiger partial charge in [-0.05, 0) is 56.7 Å². The Labute approximate surface area is 244 Å². The van der Waals surface area contributed by atoms with E-state index in [1.54, 1.807) is 25.1 Å². The first-order chi connectivity index (χ1) is 19.6. The van der Waals surface area contributed by atoms with Crippen molar-refractivity contribution in [3.05, 3.63) is 103 Å². The number of hydrogen-bond donors (Lipinski definition) is 0. The fourth-order valence-electron chi connectivity index (χ4n) is 4.86. The molecule has 0 bridgehead atoms. The first kappa shape index (κ1) is 29.7. The Morgan fingerprint density at radius 3 is 2.14 bits per heavy atom. The van der Waals surface area contributed by atoms with E-state index >= 15 is 0 Å². The van der Waals surface area contributed by atoms with Crippen LogP contribution in [0.4, 0.5) is 36.4 Å². The van der Waals surface area contributed by atoms with Gasteiger partial charge in [0.25, 0.3) is 5.91 Å². The summed E-state index contributed by atoms with van der Waals surface area (Å²) in [5, 5.41) is 5.34. The van der Waals surface area contributed by atoms with Crippen LogP contribution in [0.25, 0.3) is 17.0 Å². The number of benzene rings is 3. The highest BCUT2D eigenvalue weighted by Gasteiger charge is 2.45. The average molecular weight is 628 g/mol. The number of carbonyl (C=O) groups excluding carboxylic acids is 1. The molecular weight excluding hydrogens is 610 g/mol. The summed E-state index contributed by atoms with van der Waals surface area (Å²) in [5.41, 5.74) is -1.14. The molecule has 0 radical (unpaired) electrons. The topological polar surface area (TPSA) is 37.6 Å². The lowest BCUT2D eigenvalue weighted by molar-refractivity contribution is -0.143. The second-order valence-corrected chi connectivity index (χ2v) is 10.5. The SMILES string of the molecule is CC1=NN(c2c(F)c(F)c(C(F)(F)F)c(F)c2F)C(=O)/C1=C/c1c(C)n(Cc2ccc(Cl)cc2Cl)c2ccc(C)cc12. The molecule has 1 aromatic heterocycles. The highest BCUT2D eigenvalue weighted by atomic mass is 35.5. The molecule has 0 saturated carbocycles. The van der Waals surface area contributed by atoms with Gasteiger partial charge in [0.15, 0.2) is 23.3 Å². The predicted octanol–water partition coefficient (Wildman–Crippen LogP) is 8.99. The number of aryl methyl sites for hydroxylation is 1. The molecule has 2 heterocycles. The number of rotatable bonds is 4. The van der Waals surface area contributed by atoms with Crippen LogP contribution in [0.5, 0.6) is 0 Å². The Kier molecular flexibility index (Phi) is 7.39. The van der Waals surface area contributed by atoms with Crippen molar-refractivity contribution in [2.24, 2.45) is 5.10 Å². The van der Waals surface area contributed by atoms with E-state index in [4.69, 9.17) is 23.2 Å². The molecule has 0 aliphatic carbocycles. The van der Waals surface area contributed by atoms with Crippen molar-refractivity contribution in [3.8, 4) is 0 Å². The molecule has 13 heteroatoms. The smallest absolute Gasteiger partial charge is 0.340 e. The largest absolute Gasteiger partial charge is 0.422 e. The molecule has 3 aromatic carbocycles. The number of carbonyl (C=O) groups is 1. The summed E-state index contributed by atoms with van der Waals surface area (Å²) in [4.78, 5) is 13.3. The number of alkyl halides is 3. The Hall–Kier alpha value is -3.83. The molecular formula is C29H18Cl2F7N3O. The van der Waals surface area contributed by atoms with Gasteiger partial charge in [-0.1, -0.05) is 40.9 Å². The number of fused-ring (bicyclic) bond motifs is 1. The van der Waals surface area contributed by atoms with Crippen LogP contribution in [0.15, 0.2) is 47.1 Å². The lowest BCUT2D eigenvalue weighted by atomic mass is 10.0. The van der Waals surface area contributed by atoms with Crippen molar-refractivity contribution in [2.45, 2.75) is 33.5 Å². The van der Waals surface area contributed by atoms with Crippen molar-refractivity contribution < 1.29 is 35.5 Å². The van der Waals surface area contributed by atoms with Gasteiger partial charge in [0.1, 0.15) is 11.3 Å². The average Bonchev–Trinajstić information content (AvgIpc) is 3.31. The van der Waals surface area contributed by atoms with E-state index in [0.717, 1.165) is 16.6 Å². The van der Waals surface area contributed by atoms with E-state index in [9.17, 15) is 35.5 Å². The number of amides is 1. The fourth-order valence-corrected chi connectivity index (χ4v) is 5.33. The molecule has 0 N–H and O–H groups in total. The molecule has 5 rings (SSSR count). The number of anilines is 1. The van der Waals surface area contributed by atoms with Crippen molar-refractivity contribution in [3.63, 3.8) is 0 Å². The van der Waals surface area contributed by atoms with E-state index in [-0.39, 0.29) is 16.3 Å². The van der Waals surface area contributed by atoms with Crippen LogP contribution >= 0.6 is 23.2 Å². The molecule has 1 aliphatic heterocycles. The molecule has 0 fully saturated rings. The zero-order valence-electron chi connectivity index (χ0n) is 21.9. The Balaban J connectivity index is 1.63. The van der Waals surface area contributed by atoms with Gasteiger partial charge in [0.05, 0.1) is 11.3 Å². The lowest BCUT2D eigenvalue weighted by Crippen LogP contribution is -2.26. The second kappa shape index (κ2) is 10.5. The molecule has 0 atom stereocenters. The first-order valence-corrected chi connectivity index (χ1v) is 13.0. The fraction of sp³-hybridized carbons (Fsp3) is 0.172. The lowest BCUT2D eigenvalue weighted by Gasteiger charge is -2.18. The standard InChI is InChI=1S/C29H18Cl2F7N3O/c1-12-4-7-21-19(8-12)18(14(3)40(21)11-15-5-6-16(30)9-20(15)31)10-17-13(2)39-41(28(17)42)27-25(34)23(32)22(29(36,37)38)24(33)26(27)35/h4-10H,11H2,1-3H3/b17-10+. The Morgan fingerprint density at radius 2 is 1.55 bits per heavy atom. The number of halogens is 9. The Morgan fingerprint density at radius 1 is 0.905 bits per heavy atom. The minimum atomic E-state index is -5.73. The van der Waals surface area contributed by atoms with E-state index in [2.05, 4.69) is 5.10 Å². The van der Waals surface area contributed by atoms with Gasteiger partial charge < -0.3 is 4.57 Å². The summed E-state index contributed by atoms with van der Waals surface area (Å²) in [7, 11) is 0. The maximum Gasteiger partial charge on any atom is 0.422 e. The summed E-state index contributed by atoms with van der Waals surface area (Å²) in [5.74, 6) is -11.4. The van der Waals surface area contributed by atoms with Gasteiger partial charge in [-0.15, -0.1) is 0 Å². The van der Waals surface area contributed by atoms with Crippen LogP contribution in [0.1, 0.15) is 34.9 Å². The van der Waals surface area contributed by atoms with Gasteiger partial charge >= 0.3 is 6.18 Å². The predicted molar refractivity (Wildman–Crippen MR) is 147 cm³/mol. The van der Waals surface area contributed by atoms with E-state index in [1.807, 2.05) is 29.7 Å². The van der Waals surface area contributed by atoms with Crippen molar-refractivity contribution in [1.29, 1.82) is 0 Å². The Bertz CT molecular complexity index is 1850. The molecule has 0 saturated heterocycles. The van der Waals surface area contributed by atoms with Gasteiger partial charge in [-0.3, -0.25) is 4.79 Å². The third-order valence-corrected chi connectivity index (χ3v) is 7.54. The van der Waals surface area contributed by atoms with Crippen molar-refractivity contribution in [1.82, 2.24) is 4.57 Å². The summed E-state index contributed by atoms with van der Waals surface area (Å²) >= 11 is 12.4. The third kappa shape index (κ3) is 4.84. The molecule has 0 unspecified atom stereocenters. The number of hydrogen-bond acceptors (Lipinski definition) is 2. The quantitative estimate of drug-likeness (QED) is 0.126. The highest BCUT2D eigenvalue weighted by molar-refractivity contribution is 6.35. The van der Waals surface area contributed by atoms with Crippen LogP contribution in [0.2, 0.25) is 10.0 Å². The third-order valence-electron chi connectivity index (χ3n) is 6.96. The summed E-state index contributed by atoms with van der Waals surface area (Å²) in [6.45, 7) is 5.25. The normalized spacial score (nSPS) is 15.0. The van der Waals surface area contributed by atoms with E-state index in [0.29, 0.717) is 33.2 Å². The summed E-state index contributed by atoms with van der Waals surface area (Å²) < 4.78 is 99.1. The summed E-state index contributed by atoms with van der Waals surface area (Å²) in [6, 6.07) is 10.7. The van der Waals surface area contributed by atoms with Crippen LogP contribution in [0.3, 0.4) is 0 Å². The monoisotopic (exact) mass is 627 g/mol. The van der Waals surface area contributed by atoms with E-state index in [1.165, 1.54) is 13.0 Å². The van der Waals surface area contributed by atoms with Gasteiger partial charge in [0.2, 0.25) is 0 Å². The van der Waals surface area contributed by atoms with Crippen LogP contribution in [-0.4, -0.2) is 16.2 Å². The number of nitrogens with zero attached hydrogens (tertiary/aromatic N) is 3. The van der Waals surface area contributed by atoms with Gasteiger partial charge in [-0.25, -0.2) is 17.6 Å². The van der Waals surface area contributed by atoms with E-state index < -0.39 is 46.6 Å². The zero-order chi connectivity index (χ0) is 30.8. The maximum atomic E-state index is 14.7. The van der Waals surface area contributed by atoms with Gasteiger partial charge in [-0.2, -0.15) is 23.3 Å². The molecule has 4 nitrogen and oxygen atoms in total. The highest BCUT2D eigenvalue weighted by Crippen LogP contribution is 2.41. The molecule has 0 spiro atoms. The van der Waals surface area contributed by atoms with Crippen LogP contribution in [0, 0.1) is 37.1 Å². The zero-order valence-corrected chi connectivity index (χ0v) is 23.4.